The number of fused-ring (bicyclic) bond motifs is 2. The molecule has 4 unspecified atom stereocenters. The molecule has 1 heterocycles. The van der Waals surface area contributed by atoms with Gasteiger partial charge in [0, 0.05) is 5.41 Å². The van der Waals surface area contributed by atoms with Crippen molar-refractivity contribution in [3.63, 3.8) is 0 Å². The fourth-order valence-electron chi connectivity index (χ4n) is 8.78. The minimum Gasteiger partial charge on any atom is -0.334 e. The number of quaternary nitrogens is 1. The van der Waals surface area contributed by atoms with Crippen molar-refractivity contribution in [1.29, 1.82) is 0 Å². The van der Waals surface area contributed by atoms with Gasteiger partial charge in [-0.2, -0.15) is 0 Å². The van der Waals surface area contributed by atoms with Crippen LogP contribution in [0.3, 0.4) is 0 Å². The molecule has 12 heteroatoms. The van der Waals surface area contributed by atoms with Crippen LogP contribution >= 0.6 is 0 Å². The van der Waals surface area contributed by atoms with Crippen molar-refractivity contribution < 1.29 is 48.8 Å². The molecule has 0 spiro atoms. The third-order valence-electron chi connectivity index (χ3n) is 10.8. The van der Waals surface area contributed by atoms with Crippen molar-refractivity contribution in [2.24, 2.45) is 16.7 Å². The molecule has 2 aliphatic carbocycles. The summed E-state index contributed by atoms with van der Waals surface area (Å²) in [5.74, 6) is -25.2. The molecule has 214 valence electrons. The van der Waals surface area contributed by atoms with E-state index in [-0.39, 0.29) is 0 Å². The molecule has 2 saturated carbocycles. The standard InChI is InChI=1S/C27H27BF10N/c1-26(2)11-7-8-27(26,3)25(39-9-5-4-6-10-39)12(11)28(13-15(29)19(33)23(37)20(34)16(13)30)14-17(31)21(35)24(38)22(36)18(14)32/h11-12,25,28H,4-10H2,1-3H3/q-1/p+1. The average molecular weight is 567 g/mol. The van der Waals surface area contributed by atoms with Gasteiger partial charge in [-0.15, -0.1) is 16.7 Å². The quantitative estimate of drug-likeness (QED) is 0.237. The Balaban J connectivity index is 1.88. The maximum absolute atomic E-state index is 15.4. The molecular formula is C27H28BF10N. The summed E-state index contributed by atoms with van der Waals surface area (Å²) >= 11 is 0. The lowest BCUT2D eigenvalue weighted by Gasteiger charge is -2.49. The maximum atomic E-state index is 15.4. The average Bonchev–Trinajstić information content (AvgIpc) is 3.25. The Kier molecular flexibility index (Phi) is 6.83. The Labute approximate surface area is 219 Å². The van der Waals surface area contributed by atoms with Crippen molar-refractivity contribution >= 4 is 17.6 Å². The van der Waals surface area contributed by atoms with E-state index < -0.39 is 104 Å². The smallest absolute Gasteiger partial charge is 0.200 e. The Morgan fingerprint density at radius 3 is 1.38 bits per heavy atom. The van der Waals surface area contributed by atoms with Crippen molar-refractivity contribution in [1.82, 2.24) is 0 Å². The lowest BCUT2D eigenvalue weighted by Crippen LogP contribution is -3.18. The van der Waals surface area contributed by atoms with Crippen LogP contribution in [0.15, 0.2) is 0 Å². The number of hydrogen-bond acceptors (Lipinski definition) is 0. The highest BCUT2D eigenvalue weighted by Gasteiger charge is 2.69. The largest absolute Gasteiger partial charge is 0.334 e. The molecule has 2 aromatic carbocycles. The third-order valence-corrected chi connectivity index (χ3v) is 10.8. The zero-order valence-electron chi connectivity index (χ0n) is 21.7. The van der Waals surface area contributed by atoms with Crippen molar-refractivity contribution in [2.45, 2.75) is 64.7 Å². The topological polar surface area (TPSA) is 4.44 Å². The Morgan fingerprint density at radius 2 is 0.974 bits per heavy atom. The zero-order valence-corrected chi connectivity index (χ0v) is 21.7. The van der Waals surface area contributed by atoms with E-state index in [2.05, 4.69) is 0 Å². The summed E-state index contributed by atoms with van der Waals surface area (Å²) in [6.07, 6.45) is 3.52. The highest BCUT2D eigenvalue weighted by Crippen LogP contribution is 2.69. The van der Waals surface area contributed by atoms with Gasteiger partial charge < -0.3 is 4.90 Å². The molecule has 0 amide bonds. The summed E-state index contributed by atoms with van der Waals surface area (Å²) < 4.78 is 148. The van der Waals surface area contributed by atoms with Gasteiger partial charge in [0.05, 0.1) is 25.8 Å². The zero-order chi connectivity index (χ0) is 28.8. The molecule has 1 N–H and O–H groups in total. The maximum Gasteiger partial charge on any atom is 0.200 e. The van der Waals surface area contributed by atoms with E-state index in [1.54, 1.807) is 0 Å². The van der Waals surface area contributed by atoms with Crippen molar-refractivity contribution in [3.8, 4) is 0 Å². The molecule has 1 saturated heterocycles. The van der Waals surface area contributed by atoms with Gasteiger partial charge in [-0.3, -0.25) is 0 Å². The van der Waals surface area contributed by atoms with E-state index in [4.69, 9.17) is 0 Å². The number of nitrogens with one attached hydrogen (secondary N) is 1. The molecule has 39 heavy (non-hydrogen) atoms. The SMILES string of the molecule is CC1(C)C2CCC1(C)C([NH+]1CCCCC1)C2[BH-](c1c(F)c(F)c(F)c(F)c1F)c1c(F)c(F)c(F)c(F)c1F. The van der Waals surface area contributed by atoms with Crippen LogP contribution in [0.4, 0.5) is 43.9 Å². The lowest BCUT2D eigenvalue weighted by molar-refractivity contribution is -0.937. The van der Waals surface area contributed by atoms with Gasteiger partial charge >= 0.3 is 0 Å². The van der Waals surface area contributed by atoms with E-state index in [1.807, 2.05) is 20.8 Å². The second-order valence-electron chi connectivity index (χ2n) is 12.3. The molecule has 5 rings (SSSR count). The first-order chi connectivity index (χ1) is 18.2. The third kappa shape index (κ3) is 3.71. The predicted molar refractivity (Wildman–Crippen MR) is 126 cm³/mol. The van der Waals surface area contributed by atoms with E-state index in [9.17, 15) is 26.3 Å². The van der Waals surface area contributed by atoms with Crippen LogP contribution in [0.2, 0.25) is 5.82 Å². The monoisotopic (exact) mass is 567 g/mol. The second kappa shape index (κ2) is 9.41. The second-order valence-corrected chi connectivity index (χ2v) is 12.3. The molecule has 0 aromatic heterocycles. The molecule has 1 aliphatic heterocycles. The van der Waals surface area contributed by atoms with Crippen LogP contribution in [-0.4, -0.2) is 25.8 Å². The number of benzene rings is 2. The minimum absolute atomic E-state index is 0.409. The van der Waals surface area contributed by atoms with Gasteiger partial charge in [-0.25, -0.2) is 43.9 Å². The first kappa shape index (κ1) is 28.3. The molecule has 3 fully saturated rings. The molecule has 2 bridgehead atoms. The Bertz CT molecular complexity index is 1210. The number of likely N-dealkylation sites (tertiary alicyclic amines) is 1. The van der Waals surface area contributed by atoms with Gasteiger partial charge in [0.25, 0.3) is 0 Å². The van der Waals surface area contributed by atoms with Gasteiger partial charge in [-0.1, -0.05) is 33.1 Å². The van der Waals surface area contributed by atoms with E-state index in [1.165, 1.54) is 0 Å². The van der Waals surface area contributed by atoms with Crippen LogP contribution in [0.25, 0.3) is 0 Å². The summed E-state index contributed by atoms with van der Waals surface area (Å²) in [5.41, 5.74) is -4.19. The van der Waals surface area contributed by atoms with Crippen LogP contribution in [0, 0.1) is 74.9 Å². The lowest BCUT2D eigenvalue weighted by atomic mass is 9.29. The summed E-state index contributed by atoms with van der Waals surface area (Å²) in [4.78, 5) is 0.953. The van der Waals surface area contributed by atoms with Crippen LogP contribution in [-0.2, 0) is 0 Å². The molecular weight excluding hydrogens is 539 g/mol. The summed E-state index contributed by atoms with van der Waals surface area (Å²) in [6, 6.07) is -0.573. The van der Waals surface area contributed by atoms with Crippen LogP contribution in [0.1, 0.15) is 52.9 Å². The fourth-order valence-corrected chi connectivity index (χ4v) is 8.78. The molecule has 2 aromatic rings. The highest BCUT2D eigenvalue weighted by molar-refractivity contribution is 6.86. The predicted octanol–water partition coefficient (Wildman–Crippen LogP) is 4.68. The molecule has 4 atom stereocenters. The number of hydrogen-bond donors (Lipinski definition) is 1. The normalized spacial score (nSPS) is 28.6. The fraction of sp³-hybridized carbons (Fsp3) is 0.556. The van der Waals surface area contributed by atoms with Crippen LogP contribution < -0.4 is 15.8 Å². The summed E-state index contributed by atoms with van der Waals surface area (Å²) in [5, 5.41) is 0. The van der Waals surface area contributed by atoms with Gasteiger partial charge in [0.15, 0.2) is 34.9 Å². The Morgan fingerprint density at radius 1 is 0.590 bits per heavy atom. The molecule has 0 radical (unpaired) electrons. The van der Waals surface area contributed by atoms with Gasteiger partial charge in [0.2, 0.25) is 0 Å². The van der Waals surface area contributed by atoms with Crippen LogP contribution in [0.5, 0.6) is 0 Å². The first-order valence-electron chi connectivity index (χ1n) is 13.3. The molecule has 3 aliphatic rings. The minimum atomic E-state index is -3.59. The highest BCUT2D eigenvalue weighted by atomic mass is 19.2. The molecule has 1 nitrogen and oxygen atoms in total. The first-order valence-corrected chi connectivity index (χ1v) is 13.3. The Hall–Kier alpha value is -2.24. The summed E-state index contributed by atoms with van der Waals surface area (Å²) in [7, 11) is 0. The van der Waals surface area contributed by atoms with Gasteiger partial charge in [-0.05, 0) is 31.1 Å². The number of piperidine rings is 1. The van der Waals surface area contributed by atoms with Crippen molar-refractivity contribution in [2.75, 3.05) is 13.1 Å². The van der Waals surface area contributed by atoms with E-state index >= 15 is 17.6 Å². The number of rotatable bonds is 4. The van der Waals surface area contributed by atoms with E-state index in [0.29, 0.717) is 25.9 Å². The number of halogens is 10. The van der Waals surface area contributed by atoms with Crippen molar-refractivity contribution in [3.05, 3.63) is 58.2 Å². The summed E-state index contributed by atoms with van der Waals surface area (Å²) in [6.45, 7) is 3.31. The van der Waals surface area contributed by atoms with E-state index in [0.717, 1.165) is 24.2 Å². The van der Waals surface area contributed by atoms with Gasteiger partial charge in [0.1, 0.15) is 23.3 Å².